The van der Waals surface area contributed by atoms with Crippen molar-refractivity contribution in [2.75, 3.05) is 20.3 Å². The number of nitrogens with one attached hydrogen (secondary N) is 1. The fourth-order valence-corrected chi connectivity index (χ4v) is 2.31. The highest BCUT2D eigenvalue weighted by Crippen LogP contribution is 2.18. The van der Waals surface area contributed by atoms with Crippen LogP contribution < -0.4 is 10.1 Å². The number of carbonyl (C=O) groups is 1. The van der Waals surface area contributed by atoms with E-state index in [1.807, 2.05) is 30.3 Å². The summed E-state index contributed by atoms with van der Waals surface area (Å²) in [6.45, 7) is 1.35. The Morgan fingerprint density at radius 2 is 2.08 bits per heavy atom. The van der Waals surface area contributed by atoms with Crippen LogP contribution in [-0.2, 0) is 22.5 Å². The Balaban J connectivity index is 1.50. The number of benzene rings is 1. The predicted octanol–water partition coefficient (Wildman–Crippen LogP) is 2.11. The molecule has 0 radical (unpaired) electrons. The highest BCUT2D eigenvalue weighted by atomic mass is 16.5. The van der Waals surface area contributed by atoms with Crippen LogP contribution >= 0.6 is 0 Å². The van der Waals surface area contributed by atoms with Gasteiger partial charge in [0, 0.05) is 31.3 Å². The lowest BCUT2D eigenvalue weighted by Gasteiger charge is -2.06. The average molecular weight is 341 g/mol. The summed E-state index contributed by atoms with van der Waals surface area (Å²) in [6, 6.07) is 11.1. The molecule has 0 bridgehead atoms. The van der Waals surface area contributed by atoms with Crippen molar-refractivity contribution in [3.8, 4) is 5.88 Å². The molecule has 3 rings (SSSR count). The van der Waals surface area contributed by atoms with Gasteiger partial charge in [0.15, 0.2) is 5.58 Å². The maximum absolute atomic E-state index is 12.1. The Labute approximate surface area is 144 Å². The molecule has 130 valence electrons. The summed E-state index contributed by atoms with van der Waals surface area (Å²) in [7, 11) is 1.62. The first-order valence-electron chi connectivity index (χ1n) is 7.93. The van der Waals surface area contributed by atoms with E-state index >= 15 is 0 Å². The van der Waals surface area contributed by atoms with E-state index in [0.717, 1.165) is 10.9 Å². The van der Waals surface area contributed by atoms with Crippen LogP contribution in [0.15, 0.2) is 47.1 Å². The smallest absolute Gasteiger partial charge is 0.226 e. The van der Waals surface area contributed by atoms with Gasteiger partial charge in [0.1, 0.15) is 12.3 Å². The van der Waals surface area contributed by atoms with E-state index in [9.17, 15) is 4.79 Å². The molecule has 0 spiro atoms. The number of hydrogen-bond acceptors (Lipinski definition) is 6. The maximum atomic E-state index is 12.1. The molecule has 0 fully saturated rings. The second-order valence-corrected chi connectivity index (χ2v) is 5.42. The third kappa shape index (κ3) is 4.54. The van der Waals surface area contributed by atoms with Crippen LogP contribution in [0, 0.1) is 0 Å². The minimum atomic E-state index is -0.125. The fourth-order valence-electron chi connectivity index (χ4n) is 2.31. The number of pyridine rings is 1. The zero-order valence-corrected chi connectivity index (χ0v) is 13.9. The number of aromatic nitrogens is 2. The first kappa shape index (κ1) is 16.9. The van der Waals surface area contributed by atoms with E-state index in [4.69, 9.17) is 14.0 Å². The molecule has 0 unspecified atom stereocenters. The van der Waals surface area contributed by atoms with Gasteiger partial charge in [0.2, 0.25) is 11.8 Å². The lowest BCUT2D eigenvalue weighted by atomic mass is 10.1. The molecule has 7 nitrogen and oxygen atoms in total. The highest BCUT2D eigenvalue weighted by Gasteiger charge is 2.11. The SMILES string of the molecule is COCCOc1ccc(CNC(=O)Cc2noc3ccccc23)cn1. The first-order valence-corrected chi connectivity index (χ1v) is 7.93. The van der Waals surface area contributed by atoms with Crippen LogP contribution in [0.25, 0.3) is 11.0 Å². The number of nitrogens with zero attached hydrogens (tertiary/aromatic N) is 2. The van der Waals surface area contributed by atoms with E-state index in [2.05, 4.69) is 15.5 Å². The molecule has 0 aliphatic rings. The predicted molar refractivity (Wildman–Crippen MR) is 91.2 cm³/mol. The molecule has 0 saturated heterocycles. The monoisotopic (exact) mass is 341 g/mol. The number of para-hydroxylation sites is 1. The van der Waals surface area contributed by atoms with Gasteiger partial charge >= 0.3 is 0 Å². The first-order chi connectivity index (χ1) is 12.3. The van der Waals surface area contributed by atoms with E-state index in [0.29, 0.717) is 36.9 Å². The van der Waals surface area contributed by atoms with Crippen LogP contribution in [0.3, 0.4) is 0 Å². The second-order valence-electron chi connectivity index (χ2n) is 5.42. The Kier molecular flexibility index (Phi) is 5.58. The summed E-state index contributed by atoms with van der Waals surface area (Å²) in [4.78, 5) is 16.3. The molecule has 2 heterocycles. The van der Waals surface area contributed by atoms with E-state index in [-0.39, 0.29) is 12.3 Å². The van der Waals surface area contributed by atoms with Crippen LogP contribution in [0.1, 0.15) is 11.3 Å². The number of fused-ring (bicyclic) bond motifs is 1. The number of ether oxygens (including phenoxy) is 2. The van der Waals surface area contributed by atoms with Crippen molar-refractivity contribution < 1.29 is 18.8 Å². The fraction of sp³-hybridized carbons (Fsp3) is 0.278. The minimum absolute atomic E-state index is 0.125. The molecular formula is C18H19N3O4. The number of carbonyl (C=O) groups excluding carboxylic acids is 1. The van der Waals surface area contributed by atoms with E-state index in [1.165, 1.54) is 0 Å². The van der Waals surface area contributed by atoms with Gasteiger partial charge in [-0.15, -0.1) is 0 Å². The lowest BCUT2D eigenvalue weighted by molar-refractivity contribution is -0.120. The van der Waals surface area contributed by atoms with Gasteiger partial charge in [0.25, 0.3) is 0 Å². The van der Waals surface area contributed by atoms with Crippen LogP contribution in [0.5, 0.6) is 5.88 Å². The van der Waals surface area contributed by atoms with Crippen LogP contribution in [0.2, 0.25) is 0 Å². The molecule has 1 amide bonds. The van der Waals surface area contributed by atoms with Gasteiger partial charge in [-0.3, -0.25) is 4.79 Å². The molecule has 0 saturated carbocycles. The van der Waals surface area contributed by atoms with Gasteiger partial charge in [-0.25, -0.2) is 4.98 Å². The van der Waals surface area contributed by atoms with E-state index < -0.39 is 0 Å². The van der Waals surface area contributed by atoms with Gasteiger partial charge in [-0.05, 0) is 17.7 Å². The van der Waals surface area contributed by atoms with Gasteiger partial charge < -0.3 is 19.3 Å². The van der Waals surface area contributed by atoms with Gasteiger partial charge in [-0.2, -0.15) is 0 Å². The normalized spacial score (nSPS) is 10.8. The van der Waals surface area contributed by atoms with Crippen molar-refractivity contribution in [1.29, 1.82) is 0 Å². The molecule has 0 aliphatic carbocycles. The van der Waals surface area contributed by atoms with Crippen molar-refractivity contribution in [3.63, 3.8) is 0 Å². The summed E-state index contributed by atoms with van der Waals surface area (Å²) in [5, 5.41) is 7.67. The molecule has 7 heteroatoms. The summed E-state index contributed by atoms with van der Waals surface area (Å²) in [5.74, 6) is 0.403. The third-order valence-electron chi connectivity index (χ3n) is 3.60. The standard InChI is InChI=1S/C18H19N3O4/c1-23-8-9-24-18-7-6-13(12-20-18)11-19-17(22)10-15-14-4-2-3-5-16(14)25-21-15/h2-7,12H,8-11H2,1H3,(H,19,22). The third-order valence-corrected chi connectivity index (χ3v) is 3.60. The van der Waals surface area contributed by atoms with Crippen molar-refractivity contribution in [2.24, 2.45) is 0 Å². The molecular weight excluding hydrogens is 322 g/mol. The molecule has 0 aliphatic heterocycles. The van der Waals surface area contributed by atoms with Crippen LogP contribution in [-0.4, -0.2) is 36.4 Å². The summed E-state index contributed by atoms with van der Waals surface area (Å²) in [6.07, 6.45) is 1.84. The average Bonchev–Trinajstić information content (AvgIpc) is 3.04. The number of rotatable bonds is 8. The summed E-state index contributed by atoms with van der Waals surface area (Å²) >= 11 is 0. The van der Waals surface area contributed by atoms with Crippen molar-refractivity contribution in [2.45, 2.75) is 13.0 Å². The Bertz CT molecular complexity index is 830. The topological polar surface area (TPSA) is 86.5 Å². The molecule has 25 heavy (non-hydrogen) atoms. The number of methoxy groups -OCH3 is 1. The van der Waals surface area contributed by atoms with Crippen molar-refractivity contribution >= 4 is 16.9 Å². The van der Waals surface area contributed by atoms with Gasteiger partial charge in [0.05, 0.1) is 13.0 Å². The molecule has 0 atom stereocenters. The van der Waals surface area contributed by atoms with Gasteiger partial charge in [-0.1, -0.05) is 23.4 Å². The summed E-state index contributed by atoms with van der Waals surface area (Å²) in [5.41, 5.74) is 2.20. The minimum Gasteiger partial charge on any atom is -0.475 e. The Hall–Kier alpha value is -2.93. The zero-order chi connectivity index (χ0) is 17.5. The largest absolute Gasteiger partial charge is 0.475 e. The molecule has 2 aromatic heterocycles. The zero-order valence-electron chi connectivity index (χ0n) is 13.9. The van der Waals surface area contributed by atoms with Crippen molar-refractivity contribution in [3.05, 3.63) is 53.9 Å². The molecule has 1 aromatic carbocycles. The quantitative estimate of drug-likeness (QED) is 0.632. The van der Waals surface area contributed by atoms with Crippen molar-refractivity contribution in [1.82, 2.24) is 15.5 Å². The number of amides is 1. The molecule has 1 N–H and O–H groups in total. The Morgan fingerprint density at radius 3 is 2.88 bits per heavy atom. The molecule has 3 aromatic rings. The second kappa shape index (κ2) is 8.25. The maximum Gasteiger partial charge on any atom is 0.226 e. The number of hydrogen-bond donors (Lipinski definition) is 1. The summed E-state index contributed by atoms with van der Waals surface area (Å²) < 4.78 is 15.5. The lowest BCUT2D eigenvalue weighted by Crippen LogP contribution is -2.24. The van der Waals surface area contributed by atoms with Crippen LogP contribution in [0.4, 0.5) is 0 Å². The van der Waals surface area contributed by atoms with E-state index in [1.54, 1.807) is 19.4 Å². The Morgan fingerprint density at radius 1 is 1.20 bits per heavy atom. The highest BCUT2D eigenvalue weighted by molar-refractivity contribution is 5.86.